The molecule has 2 heterocycles. The van der Waals surface area contributed by atoms with Gasteiger partial charge in [-0.1, -0.05) is 6.92 Å². The van der Waals surface area contributed by atoms with Crippen molar-refractivity contribution in [2.75, 3.05) is 33.5 Å². The Labute approximate surface area is 187 Å². The van der Waals surface area contributed by atoms with Crippen LogP contribution in [0.15, 0.2) is 18.2 Å². The van der Waals surface area contributed by atoms with Crippen LogP contribution in [0.4, 0.5) is 4.39 Å². The van der Waals surface area contributed by atoms with Crippen LogP contribution in [-0.4, -0.2) is 55.1 Å². The Morgan fingerprint density at radius 2 is 2.12 bits per heavy atom. The molecule has 0 atom stereocenters. The predicted molar refractivity (Wildman–Crippen MR) is 116 cm³/mol. The van der Waals surface area contributed by atoms with Crippen molar-refractivity contribution >= 4 is 11.9 Å². The van der Waals surface area contributed by atoms with Crippen molar-refractivity contribution in [3.63, 3.8) is 0 Å². The third kappa shape index (κ3) is 5.85. The van der Waals surface area contributed by atoms with Crippen molar-refractivity contribution < 1.29 is 28.2 Å². The number of halogens is 1. The molecule has 0 saturated carbocycles. The number of amides is 1. The van der Waals surface area contributed by atoms with Gasteiger partial charge < -0.3 is 19.5 Å². The van der Waals surface area contributed by atoms with Crippen molar-refractivity contribution in [3.05, 3.63) is 46.5 Å². The van der Waals surface area contributed by atoms with Gasteiger partial charge in [-0.25, -0.2) is 9.18 Å². The van der Waals surface area contributed by atoms with Crippen LogP contribution in [0.2, 0.25) is 0 Å². The van der Waals surface area contributed by atoms with Gasteiger partial charge in [0.2, 0.25) is 0 Å². The van der Waals surface area contributed by atoms with Gasteiger partial charge >= 0.3 is 5.97 Å². The van der Waals surface area contributed by atoms with Crippen molar-refractivity contribution in [2.24, 2.45) is 0 Å². The van der Waals surface area contributed by atoms with E-state index in [0.29, 0.717) is 51.1 Å². The second kappa shape index (κ2) is 11.6. The number of carbonyl (C=O) groups excluding carboxylic acids is 2. The highest BCUT2D eigenvalue weighted by Crippen LogP contribution is 2.20. The molecule has 2 aromatic rings. The Morgan fingerprint density at radius 1 is 1.31 bits per heavy atom. The number of aryl methyl sites for hydroxylation is 2. The molecule has 0 bridgehead atoms. The van der Waals surface area contributed by atoms with E-state index >= 15 is 0 Å². The van der Waals surface area contributed by atoms with E-state index in [-0.39, 0.29) is 23.8 Å². The summed E-state index contributed by atoms with van der Waals surface area (Å²) >= 11 is 0. The predicted octanol–water partition coefficient (Wildman–Crippen LogP) is 2.92. The Balaban J connectivity index is 1.64. The minimum atomic E-state index is -0.617. The van der Waals surface area contributed by atoms with Crippen LogP contribution in [0.5, 0.6) is 5.75 Å². The number of carbonyl (C=O) groups is 2. The highest BCUT2D eigenvalue weighted by atomic mass is 19.1. The molecule has 1 aliphatic rings. The van der Waals surface area contributed by atoms with Crippen molar-refractivity contribution in [3.8, 4) is 5.75 Å². The smallest absolute Gasteiger partial charge is 0.338 e. The fraction of sp³-hybridized carbons (Fsp3) is 0.522. The van der Waals surface area contributed by atoms with Gasteiger partial charge in [-0.2, -0.15) is 5.10 Å². The van der Waals surface area contributed by atoms with E-state index in [2.05, 4.69) is 10.4 Å². The molecule has 0 radical (unpaired) electrons. The van der Waals surface area contributed by atoms with Gasteiger partial charge in [0.05, 0.1) is 36.2 Å². The molecular formula is C23H30FN3O5. The summed E-state index contributed by atoms with van der Waals surface area (Å²) in [4.78, 5) is 25.0. The monoisotopic (exact) mass is 447 g/mol. The number of esters is 1. The molecule has 0 saturated heterocycles. The van der Waals surface area contributed by atoms with E-state index < -0.39 is 11.8 Å². The summed E-state index contributed by atoms with van der Waals surface area (Å²) in [7, 11) is 1.36. The van der Waals surface area contributed by atoms with Crippen LogP contribution >= 0.6 is 0 Å². The highest BCUT2D eigenvalue weighted by molar-refractivity contribution is 5.96. The summed E-state index contributed by atoms with van der Waals surface area (Å²) < 4.78 is 31.4. The lowest BCUT2D eigenvalue weighted by atomic mass is 10.1. The molecule has 0 spiro atoms. The number of hydrogen-bond acceptors (Lipinski definition) is 6. The van der Waals surface area contributed by atoms with Crippen LogP contribution in [0.1, 0.15) is 58.3 Å². The maximum Gasteiger partial charge on any atom is 0.338 e. The summed E-state index contributed by atoms with van der Waals surface area (Å²) in [5, 5.41) is 7.60. The lowest BCUT2D eigenvalue weighted by Gasteiger charge is -2.10. The SMILES string of the molecule is CCc1nn(CCCOC(=O)c2ccc(OC)c(F)c2)c2c1C(=O)NCCCOCCC2. The summed E-state index contributed by atoms with van der Waals surface area (Å²) in [6.07, 6.45) is 3.42. The summed E-state index contributed by atoms with van der Waals surface area (Å²) in [5.41, 5.74) is 2.43. The Kier molecular flexibility index (Phi) is 8.61. The quantitative estimate of drug-likeness (QED) is 0.518. The fourth-order valence-electron chi connectivity index (χ4n) is 3.66. The van der Waals surface area contributed by atoms with Gasteiger partial charge in [-0.15, -0.1) is 0 Å². The van der Waals surface area contributed by atoms with E-state index in [4.69, 9.17) is 14.2 Å². The van der Waals surface area contributed by atoms with Gasteiger partial charge in [-0.3, -0.25) is 9.48 Å². The van der Waals surface area contributed by atoms with Gasteiger partial charge in [0.1, 0.15) is 0 Å². The normalized spacial score (nSPS) is 14.8. The number of hydrogen-bond donors (Lipinski definition) is 1. The number of methoxy groups -OCH3 is 1. The molecule has 32 heavy (non-hydrogen) atoms. The zero-order valence-electron chi connectivity index (χ0n) is 18.6. The van der Waals surface area contributed by atoms with E-state index in [1.807, 2.05) is 11.6 Å². The number of rotatable bonds is 7. The third-order valence-corrected chi connectivity index (χ3v) is 5.28. The minimum Gasteiger partial charge on any atom is -0.494 e. The van der Waals surface area contributed by atoms with Crippen LogP contribution in [0, 0.1) is 5.82 Å². The molecule has 9 heteroatoms. The van der Waals surface area contributed by atoms with Crippen LogP contribution < -0.4 is 10.1 Å². The zero-order valence-corrected chi connectivity index (χ0v) is 18.6. The molecule has 1 aromatic carbocycles. The summed E-state index contributed by atoms with van der Waals surface area (Å²) in [6.45, 7) is 4.46. The molecule has 174 valence electrons. The zero-order chi connectivity index (χ0) is 22.9. The third-order valence-electron chi connectivity index (χ3n) is 5.28. The number of nitrogens with one attached hydrogen (secondary N) is 1. The molecule has 1 N–H and O–H groups in total. The lowest BCUT2D eigenvalue weighted by molar-refractivity contribution is 0.0494. The molecule has 1 aliphatic heterocycles. The Morgan fingerprint density at radius 3 is 2.88 bits per heavy atom. The summed E-state index contributed by atoms with van der Waals surface area (Å²) in [6, 6.07) is 3.95. The van der Waals surface area contributed by atoms with Crippen molar-refractivity contribution in [1.29, 1.82) is 0 Å². The van der Waals surface area contributed by atoms with Gasteiger partial charge in [0, 0.05) is 32.7 Å². The Hall–Kier alpha value is -2.94. The fourth-order valence-corrected chi connectivity index (χ4v) is 3.66. The average Bonchev–Trinajstić information content (AvgIpc) is 3.13. The first-order chi connectivity index (χ1) is 15.5. The van der Waals surface area contributed by atoms with Crippen LogP contribution in [-0.2, 0) is 28.9 Å². The van der Waals surface area contributed by atoms with Crippen molar-refractivity contribution in [2.45, 2.75) is 45.6 Å². The molecular weight excluding hydrogens is 417 g/mol. The standard InChI is InChI=1S/C23H30FN3O5/c1-3-18-21-19(7-4-12-31-13-5-10-25-22(21)28)27(26-18)11-6-14-32-23(29)16-8-9-20(30-2)17(24)15-16/h8-9,15H,3-7,10-14H2,1-2H3,(H,25,28). The van der Waals surface area contributed by atoms with E-state index in [1.54, 1.807) is 0 Å². The Bertz CT molecular complexity index is 944. The first-order valence-electron chi connectivity index (χ1n) is 11.0. The van der Waals surface area contributed by atoms with E-state index in [9.17, 15) is 14.0 Å². The number of fused-ring (bicyclic) bond motifs is 1. The second-order valence-corrected chi connectivity index (χ2v) is 7.51. The van der Waals surface area contributed by atoms with Gasteiger partial charge in [0.15, 0.2) is 11.6 Å². The first kappa shape index (κ1) is 23.7. The maximum atomic E-state index is 13.8. The molecule has 8 nitrogen and oxygen atoms in total. The number of ether oxygens (including phenoxy) is 3. The van der Waals surface area contributed by atoms with Crippen LogP contribution in [0.3, 0.4) is 0 Å². The van der Waals surface area contributed by atoms with E-state index in [1.165, 1.54) is 19.2 Å². The lowest BCUT2D eigenvalue weighted by Crippen LogP contribution is -2.26. The van der Waals surface area contributed by atoms with Gasteiger partial charge in [-0.05, 0) is 43.9 Å². The highest BCUT2D eigenvalue weighted by Gasteiger charge is 2.23. The molecule has 0 unspecified atom stereocenters. The summed E-state index contributed by atoms with van der Waals surface area (Å²) in [5.74, 6) is -1.25. The van der Waals surface area contributed by atoms with Crippen LogP contribution in [0.25, 0.3) is 0 Å². The average molecular weight is 448 g/mol. The number of benzene rings is 1. The largest absolute Gasteiger partial charge is 0.494 e. The maximum absolute atomic E-state index is 13.8. The van der Waals surface area contributed by atoms with Gasteiger partial charge in [0.25, 0.3) is 5.91 Å². The molecule has 1 amide bonds. The van der Waals surface area contributed by atoms with E-state index in [0.717, 1.165) is 30.3 Å². The molecule has 0 aliphatic carbocycles. The number of nitrogens with zero attached hydrogens (tertiary/aromatic N) is 2. The second-order valence-electron chi connectivity index (χ2n) is 7.51. The first-order valence-corrected chi connectivity index (χ1v) is 11.0. The minimum absolute atomic E-state index is 0.0695. The van der Waals surface area contributed by atoms with Crippen molar-refractivity contribution in [1.82, 2.24) is 15.1 Å². The molecule has 3 rings (SSSR count). The topological polar surface area (TPSA) is 91.7 Å². The number of aromatic nitrogens is 2. The molecule has 1 aromatic heterocycles. The molecule has 0 fully saturated rings.